The highest BCUT2D eigenvalue weighted by Gasteiger charge is 2.18. The van der Waals surface area contributed by atoms with E-state index in [0.29, 0.717) is 23.8 Å². The lowest BCUT2D eigenvalue weighted by molar-refractivity contribution is -0.133. The molecule has 21 heavy (non-hydrogen) atoms. The second-order valence-electron chi connectivity index (χ2n) is 4.76. The lowest BCUT2D eigenvalue weighted by atomic mass is 10.3. The number of hydrogen-bond acceptors (Lipinski definition) is 5. The molecule has 6 heteroatoms. The Morgan fingerprint density at radius 2 is 1.90 bits per heavy atom. The fourth-order valence-electron chi connectivity index (χ4n) is 2.28. The largest absolute Gasteiger partial charge is 0.493 e. The predicted molar refractivity (Wildman–Crippen MR) is 79.1 cm³/mol. The molecule has 1 saturated heterocycles. The number of ether oxygens (including phenoxy) is 3. The third-order valence-electron chi connectivity index (χ3n) is 3.42. The molecular weight excluding hydrogens is 272 g/mol. The lowest BCUT2D eigenvalue weighted by Gasteiger charge is -2.21. The summed E-state index contributed by atoms with van der Waals surface area (Å²) in [4.78, 5) is 14.0. The molecule has 1 fully saturated rings. The van der Waals surface area contributed by atoms with E-state index in [-0.39, 0.29) is 12.5 Å². The highest BCUT2D eigenvalue weighted by atomic mass is 16.5. The van der Waals surface area contributed by atoms with Gasteiger partial charge in [0.05, 0.1) is 14.2 Å². The van der Waals surface area contributed by atoms with Gasteiger partial charge in [-0.15, -0.1) is 0 Å². The van der Waals surface area contributed by atoms with E-state index in [1.807, 2.05) is 11.0 Å². The van der Waals surface area contributed by atoms with Crippen LogP contribution in [0.15, 0.2) is 18.2 Å². The topological polar surface area (TPSA) is 60.0 Å². The lowest BCUT2D eigenvalue weighted by Crippen LogP contribution is -2.37. The fourth-order valence-corrected chi connectivity index (χ4v) is 2.28. The molecule has 1 heterocycles. The third kappa shape index (κ3) is 4.01. The average Bonchev–Trinajstić information content (AvgIpc) is 2.81. The molecule has 0 unspecified atom stereocenters. The van der Waals surface area contributed by atoms with E-state index >= 15 is 0 Å². The normalized spacial score (nSPS) is 15.2. The summed E-state index contributed by atoms with van der Waals surface area (Å²) < 4.78 is 16.1. The number of amides is 1. The van der Waals surface area contributed by atoms with Gasteiger partial charge in [0.1, 0.15) is 0 Å². The van der Waals surface area contributed by atoms with Crippen molar-refractivity contribution >= 4 is 5.91 Å². The first-order chi connectivity index (χ1) is 10.3. The van der Waals surface area contributed by atoms with Gasteiger partial charge in [0.25, 0.3) is 5.91 Å². The van der Waals surface area contributed by atoms with Gasteiger partial charge in [0.15, 0.2) is 18.1 Å². The van der Waals surface area contributed by atoms with E-state index in [0.717, 1.165) is 26.1 Å². The maximum Gasteiger partial charge on any atom is 0.260 e. The second kappa shape index (κ2) is 7.73. The molecule has 1 aliphatic rings. The molecular formula is C15H22N2O4. The van der Waals surface area contributed by atoms with Gasteiger partial charge >= 0.3 is 0 Å². The number of hydrogen-bond donors (Lipinski definition) is 1. The van der Waals surface area contributed by atoms with Crippen molar-refractivity contribution in [2.45, 2.75) is 6.42 Å². The Balaban J connectivity index is 2.00. The summed E-state index contributed by atoms with van der Waals surface area (Å²) >= 11 is 0. The summed E-state index contributed by atoms with van der Waals surface area (Å²) in [5, 5.41) is 3.27. The van der Waals surface area contributed by atoms with Crippen molar-refractivity contribution in [1.82, 2.24) is 10.2 Å². The van der Waals surface area contributed by atoms with Crippen LogP contribution in [0.4, 0.5) is 0 Å². The molecule has 0 bridgehead atoms. The molecule has 6 nitrogen and oxygen atoms in total. The molecule has 2 rings (SSSR count). The monoisotopic (exact) mass is 294 g/mol. The van der Waals surface area contributed by atoms with Crippen LogP contribution in [0.1, 0.15) is 6.42 Å². The molecule has 1 amide bonds. The molecule has 0 atom stereocenters. The zero-order valence-electron chi connectivity index (χ0n) is 12.6. The molecule has 1 aromatic carbocycles. The van der Waals surface area contributed by atoms with E-state index in [2.05, 4.69) is 5.32 Å². The minimum absolute atomic E-state index is 0.0171. The number of nitrogens with one attached hydrogen (secondary N) is 1. The van der Waals surface area contributed by atoms with Crippen molar-refractivity contribution in [3.8, 4) is 17.2 Å². The Morgan fingerprint density at radius 3 is 2.57 bits per heavy atom. The Hall–Kier alpha value is -1.95. The van der Waals surface area contributed by atoms with Crippen LogP contribution < -0.4 is 19.5 Å². The van der Waals surface area contributed by atoms with E-state index < -0.39 is 0 Å². The van der Waals surface area contributed by atoms with E-state index in [1.165, 1.54) is 0 Å². The van der Waals surface area contributed by atoms with Gasteiger partial charge in [-0.05, 0) is 25.1 Å². The first-order valence-electron chi connectivity index (χ1n) is 7.08. The number of benzene rings is 1. The van der Waals surface area contributed by atoms with Gasteiger partial charge < -0.3 is 24.4 Å². The van der Waals surface area contributed by atoms with Crippen molar-refractivity contribution in [1.29, 1.82) is 0 Å². The molecule has 116 valence electrons. The van der Waals surface area contributed by atoms with E-state index in [1.54, 1.807) is 26.4 Å². The highest BCUT2D eigenvalue weighted by molar-refractivity contribution is 5.78. The molecule has 1 N–H and O–H groups in total. The SMILES string of the molecule is COc1cccc(OC)c1OCC(=O)N1CCCNCC1. The second-order valence-corrected chi connectivity index (χ2v) is 4.76. The van der Waals surface area contributed by atoms with Crippen LogP contribution in [0, 0.1) is 0 Å². The standard InChI is InChI=1S/C15H22N2O4/c1-19-12-5-3-6-13(20-2)15(12)21-11-14(18)17-9-4-7-16-8-10-17/h3,5-6,16H,4,7-11H2,1-2H3. The van der Waals surface area contributed by atoms with Crippen LogP contribution in [0.2, 0.25) is 0 Å². The molecule has 0 aliphatic carbocycles. The highest BCUT2D eigenvalue weighted by Crippen LogP contribution is 2.36. The first kappa shape index (κ1) is 15.4. The smallest absolute Gasteiger partial charge is 0.260 e. The van der Waals surface area contributed by atoms with Crippen molar-refractivity contribution < 1.29 is 19.0 Å². The summed E-state index contributed by atoms with van der Waals surface area (Å²) in [5.41, 5.74) is 0. The summed E-state index contributed by atoms with van der Waals surface area (Å²) in [6.45, 7) is 3.23. The van der Waals surface area contributed by atoms with Crippen LogP contribution in [-0.4, -0.2) is 57.8 Å². The molecule has 0 saturated carbocycles. The summed E-state index contributed by atoms with van der Waals surface area (Å²) in [6, 6.07) is 5.36. The number of carbonyl (C=O) groups is 1. The number of rotatable bonds is 5. The van der Waals surface area contributed by atoms with Crippen molar-refractivity contribution in [2.75, 3.05) is 47.0 Å². The van der Waals surface area contributed by atoms with Crippen molar-refractivity contribution in [3.05, 3.63) is 18.2 Å². The minimum atomic E-state index is -0.0216. The van der Waals surface area contributed by atoms with Crippen LogP contribution in [0.5, 0.6) is 17.2 Å². The average molecular weight is 294 g/mol. The van der Waals surface area contributed by atoms with E-state index in [4.69, 9.17) is 14.2 Å². The summed E-state index contributed by atoms with van der Waals surface area (Å²) in [6.07, 6.45) is 0.962. The maximum absolute atomic E-state index is 12.2. The Bertz CT molecular complexity index is 448. The van der Waals surface area contributed by atoms with Gasteiger partial charge in [0.2, 0.25) is 5.75 Å². The predicted octanol–water partition coefficient (Wildman–Crippen LogP) is 0.904. The molecule has 1 aliphatic heterocycles. The van der Waals surface area contributed by atoms with Crippen LogP contribution in [-0.2, 0) is 4.79 Å². The Labute approximate surface area is 125 Å². The fraction of sp³-hybridized carbons (Fsp3) is 0.533. The number of carbonyl (C=O) groups excluding carboxylic acids is 1. The Kier molecular flexibility index (Phi) is 5.68. The summed E-state index contributed by atoms with van der Waals surface area (Å²) in [7, 11) is 3.12. The zero-order chi connectivity index (χ0) is 15.1. The van der Waals surface area contributed by atoms with Gasteiger partial charge in [-0.3, -0.25) is 4.79 Å². The van der Waals surface area contributed by atoms with Crippen LogP contribution in [0.3, 0.4) is 0 Å². The number of nitrogens with zero attached hydrogens (tertiary/aromatic N) is 1. The first-order valence-corrected chi connectivity index (χ1v) is 7.08. The van der Waals surface area contributed by atoms with Crippen LogP contribution >= 0.6 is 0 Å². The zero-order valence-corrected chi connectivity index (χ0v) is 12.6. The van der Waals surface area contributed by atoms with Gasteiger partial charge in [-0.1, -0.05) is 6.07 Å². The van der Waals surface area contributed by atoms with Gasteiger partial charge in [-0.25, -0.2) is 0 Å². The maximum atomic E-state index is 12.2. The Morgan fingerprint density at radius 1 is 1.19 bits per heavy atom. The van der Waals surface area contributed by atoms with Crippen molar-refractivity contribution in [2.24, 2.45) is 0 Å². The van der Waals surface area contributed by atoms with Gasteiger partial charge in [-0.2, -0.15) is 0 Å². The molecule has 0 aromatic heterocycles. The van der Waals surface area contributed by atoms with Gasteiger partial charge in [0, 0.05) is 19.6 Å². The van der Waals surface area contributed by atoms with Crippen LogP contribution in [0.25, 0.3) is 0 Å². The van der Waals surface area contributed by atoms with Crippen molar-refractivity contribution in [3.63, 3.8) is 0 Å². The minimum Gasteiger partial charge on any atom is -0.493 e. The third-order valence-corrected chi connectivity index (χ3v) is 3.42. The molecule has 0 radical (unpaired) electrons. The summed E-state index contributed by atoms with van der Waals surface area (Å²) in [5.74, 6) is 1.55. The number of para-hydroxylation sites is 1. The van der Waals surface area contributed by atoms with E-state index in [9.17, 15) is 4.79 Å². The molecule has 0 spiro atoms. The molecule has 1 aromatic rings. The number of methoxy groups -OCH3 is 2. The quantitative estimate of drug-likeness (QED) is 0.874.